The second kappa shape index (κ2) is 10.2. The number of rotatable bonds is 8. The first-order valence-corrected chi connectivity index (χ1v) is 10.8. The van der Waals surface area contributed by atoms with Crippen LogP contribution < -0.4 is 14.4 Å². The number of pyridine rings is 1. The topological polar surface area (TPSA) is 81.1 Å². The van der Waals surface area contributed by atoms with Gasteiger partial charge in [-0.3, -0.25) is 4.98 Å². The van der Waals surface area contributed by atoms with Crippen molar-refractivity contribution in [3.05, 3.63) is 77.6 Å². The molecule has 0 bridgehead atoms. The number of anilines is 2. The fourth-order valence-corrected chi connectivity index (χ4v) is 3.84. The van der Waals surface area contributed by atoms with Gasteiger partial charge in [-0.25, -0.2) is 4.79 Å². The van der Waals surface area contributed by atoms with E-state index in [1.807, 2.05) is 6.07 Å². The molecular formula is C25H23F3N2O5. The van der Waals surface area contributed by atoms with E-state index in [2.05, 4.69) is 4.98 Å². The van der Waals surface area contributed by atoms with E-state index in [-0.39, 0.29) is 18.3 Å². The third-order valence-corrected chi connectivity index (χ3v) is 5.55. The number of ether oxygens (including phenoxy) is 3. The third kappa shape index (κ3) is 5.65. The van der Waals surface area contributed by atoms with Gasteiger partial charge in [0.2, 0.25) is 0 Å². The Labute approximate surface area is 199 Å². The number of carboxylic acids is 1. The summed E-state index contributed by atoms with van der Waals surface area (Å²) in [5.74, 6) is -0.733. The predicted octanol–water partition coefficient (Wildman–Crippen LogP) is 5.31. The number of alkyl halides is 3. The van der Waals surface area contributed by atoms with E-state index < -0.39 is 23.3 Å². The van der Waals surface area contributed by atoms with E-state index in [0.29, 0.717) is 36.8 Å². The number of benzene rings is 2. The normalized spacial score (nSPS) is 15.6. The number of aromatic carboxylic acids is 1. The SMILES string of the molecule is COc1ccc(N(Cc2cccnc2)c2ccc(C(F)(F)F)c(C(=O)O)c2)cc1O[C@@H]1CCOC1. The first kappa shape index (κ1) is 24.3. The number of halogens is 3. The molecule has 35 heavy (non-hydrogen) atoms. The van der Waals surface area contributed by atoms with Crippen molar-refractivity contribution < 1.29 is 37.3 Å². The molecule has 10 heteroatoms. The molecule has 1 N–H and O–H groups in total. The van der Waals surface area contributed by atoms with Crippen LogP contribution in [0.5, 0.6) is 11.5 Å². The maximum atomic E-state index is 13.4. The summed E-state index contributed by atoms with van der Waals surface area (Å²) < 4.78 is 57.1. The zero-order valence-corrected chi connectivity index (χ0v) is 18.8. The Balaban J connectivity index is 1.79. The lowest BCUT2D eigenvalue weighted by Gasteiger charge is -2.27. The number of carbonyl (C=O) groups is 1. The summed E-state index contributed by atoms with van der Waals surface area (Å²) in [6.45, 7) is 1.24. The standard InChI is InChI=1S/C25H23F3N2O5/c1-33-22-7-5-18(12-23(22)35-19-8-10-34-15-19)30(14-16-3-2-9-29-13-16)17-4-6-21(25(26,27)28)20(11-17)24(31)32/h2-7,9,11-13,19H,8,10,14-15H2,1H3,(H,31,32)/t19-/m1/s1. The van der Waals surface area contributed by atoms with E-state index in [0.717, 1.165) is 17.7 Å². The molecule has 1 saturated heterocycles. The van der Waals surface area contributed by atoms with E-state index in [1.54, 1.807) is 41.6 Å². The largest absolute Gasteiger partial charge is 0.493 e. The van der Waals surface area contributed by atoms with E-state index in [1.165, 1.54) is 13.2 Å². The number of hydrogen-bond donors (Lipinski definition) is 1. The zero-order chi connectivity index (χ0) is 25.0. The quantitative estimate of drug-likeness (QED) is 0.460. The maximum absolute atomic E-state index is 13.4. The first-order valence-electron chi connectivity index (χ1n) is 10.8. The summed E-state index contributed by atoms with van der Waals surface area (Å²) >= 11 is 0. The van der Waals surface area contributed by atoms with Gasteiger partial charge in [-0.1, -0.05) is 6.07 Å². The number of carboxylic acid groups (broad SMARTS) is 1. The Morgan fingerprint density at radius 2 is 1.94 bits per heavy atom. The lowest BCUT2D eigenvalue weighted by atomic mass is 10.0. The van der Waals surface area contributed by atoms with Crippen LogP contribution in [-0.2, 0) is 17.5 Å². The van der Waals surface area contributed by atoms with Crippen LogP contribution in [0.2, 0.25) is 0 Å². The maximum Gasteiger partial charge on any atom is 0.417 e. The monoisotopic (exact) mass is 488 g/mol. The molecule has 1 atom stereocenters. The van der Waals surface area contributed by atoms with Crippen molar-refractivity contribution in [3.63, 3.8) is 0 Å². The molecule has 2 aromatic carbocycles. The van der Waals surface area contributed by atoms with Gasteiger partial charge >= 0.3 is 12.1 Å². The Morgan fingerprint density at radius 3 is 2.57 bits per heavy atom. The Morgan fingerprint density at radius 1 is 1.17 bits per heavy atom. The summed E-state index contributed by atoms with van der Waals surface area (Å²) in [5.41, 5.74) is -0.444. The predicted molar refractivity (Wildman–Crippen MR) is 121 cm³/mol. The van der Waals surface area contributed by atoms with Gasteiger partial charge in [0.15, 0.2) is 11.5 Å². The van der Waals surface area contributed by atoms with Gasteiger partial charge in [0.25, 0.3) is 0 Å². The number of hydrogen-bond acceptors (Lipinski definition) is 6. The molecule has 1 aliphatic heterocycles. The minimum absolute atomic E-state index is 0.157. The zero-order valence-electron chi connectivity index (χ0n) is 18.8. The van der Waals surface area contributed by atoms with Crippen LogP contribution in [0.4, 0.5) is 24.5 Å². The van der Waals surface area contributed by atoms with Gasteiger partial charge in [-0.2, -0.15) is 13.2 Å². The number of aromatic nitrogens is 1. The lowest BCUT2D eigenvalue weighted by molar-refractivity contribution is -0.138. The molecule has 7 nitrogen and oxygen atoms in total. The molecule has 1 aromatic heterocycles. The first-order chi connectivity index (χ1) is 16.8. The van der Waals surface area contributed by atoms with Crippen molar-refractivity contribution in [2.45, 2.75) is 25.2 Å². The molecule has 0 amide bonds. The highest BCUT2D eigenvalue weighted by Gasteiger charge is 2.35. The summed E-state index contributed by atoms with van der Waals surface area (Å²) in [6, 6.07) is 11.8. The molecule has 1 aliphatic rings. The number of methoxy groups -OCH3 is 1. The Bertz CT molecular complexity index is 1180. The molecular weight excluding hydrogens is 465 g/mol. The van der Waals surface area contributed by atoms with Crippen molar-refractivity contribution in [1.82, 2.24) is 4.98 Å². The molecule has 0 aliphatic carbocycles. The molecule has 2 heterocycles. The van der Waals surface area contributed by atoms with Gasteiger partial charge in [0, 0.05) is 42.8 Å². The lowest BCUT2D eigenvalue weighted by Crippen LogP contribution is -2.20. The summed E-state index contributed by atoms with van der Waals surface area (Å²) in [7, 11) is 1.51. The van der Waals surface area contributed by atoms with Crippen LogP contribution in [0, 0.1) is 0 Å². The summed E-state index contributed by atoms with van der Waals surface area (Å²) in [4.78, 5) is 17.5. The highest BCUT2D eigenvalue weighted by atomic mass is 19.4. The minimum atomic E-state index is -4.80. The molecule has 0 spiro atoms. The fraction of sp³-hybridized carbons (Fsp3) is 0.280. The average Bonchev–Trinajstić information content (AvgIpc) is 3.35. The molecule has 1 fully saturated rings. The van der Waals surface area contributed by atoms with Gasteiger partial charge < -0.3 is 24.2 Å². The van der Waals surface area contributed by atoms with Crippen LogP contribution in [-0.4, -0.2) is 42.5 Å². The fourth-order valence-electron chi connectivity index (χ4n) is 3.84. The molecule has 4 rings (SSSR count). The Hall–Kier alpha value is -3.79. The third-order valence-electron chi connectivity index (χ3n) is 5.55. The summed E-state index contributed by atoms with van der Waals surface area (Å²) in [5, 5.41) is 9.49. The molecule has 0 saturated carbocycles. The van der Waals surface area contributed by atoms with Crippen LogP contribution >= 0.6 is 0 Å². The van der Waals surface area contributed by atoms with Crippen molar-refractivity contribution in [3.8, 4) is 11.5 Å². The molecule has 0 radical (unpaired) electrons. The van der Waals surface area contributed by atoms with Crippen molar-refractivity contribution in [1.29, 1.82) is 0 Å². The van der Waals surface area contributed by atoms with Crippen molar-refractivity contribution in [2.24, 2.45) is 0 Å². The second-order valence-corrected chi connectivity index (χ2v) is 7.92. The summed E-state index contributed by atoms with van der Waals surface area (Å²) in [6.07, 6.45) is -1.00. The van der Waals surface area contributed by atoms with E-state index >= 15 is 0 Å². The van der Waals surface area contributed by atoms with Crippen LogP contribution in [0.25, 0.3) is 0 Å². The molecule has 0 unspecified atom stereocenters. The highest BCUT2D eigenvalue weighted by Crippen LogP contribution is 2.39. The average molecular weight is 488 g/mol. The molecule has 3 aromatic rings. The highest BCUT2D eigenvalue weighted by molar-refractivity contribution is 5.91. The number of nitrogens with zero attached hydrogens (tertiary/aromatic N) is 2. The van der Waals surface area contributed by atoms with Crippen LogP contribution in [0.15, 0.2) is 60.9 Å². The minimum Gasteiger partial charge on any atom is -0.493 e. The van der Waals surface area contributed by atoms with Gasteiger partial charge in [-0.05, 0) is 42.0 Å². The Kier molecular flexibility index (Phi) is 7.11. The van der Waals surface area contributed by atoms with Gasteiger partial charge in [0.05, 0.1) is 31.5 Å². The molecule has 184 valence electrons. The van der Waals surface area contributed by atoms with Gasteiger partial charge in [-0.15, -0.1) is 0 Å². The van der Waals surface area contributed by atoms with Crippen LogP contribution in [0.1, 0.15) is 27.9 Å². The van der Waals surface area contributed by atoms with Crippen molar-refractivity contribution >= 4 is 17.3 Å². The second-order valence-electron chi connectivity index (χ2n) is 7.92. The smallest absolute Gasteiger partial charge is 0.417 e. The van der Waals surface area contributed by atoms with E-state index in [4.69, 9.17) is 14.2 Å². The van der Waals surface area contributed by atoms with Crippen LogP contribution in [0.3, 0.4) is 0 Å². The van der Waals surface area contributed by atoms with Gasteiger partial charge in [0.1, 0.15) is 6.10 Å². The van der Waals surface area contributed by atoms with Crippen molar-refractivity contribution in [2.75, 3.05) is 25.2 Å². The van der Waals surface area contributed by atoms with E-state index in [9.17, 15) is 23.1 Å².